The van der Waals surface area contributed by atoms with Crippen LogP contribution in [-0.4, -0.2) is 55.8 Å². The van der Waals surface area contributed by atoms with Crippen LogP contribution in [0.25, 0.3) is 10.2 Å². The number of nitrogens with two attached hydrogens (primary N) is 1. The van der Waals surface area contributed by atoms with E-state index >= 15 is 4.39 Å². The normalized spacial score (nSPS) is 23.7. The van der Waals surface area contributed by atoms with Crippen molar-refractivity contribution < 1.29 is 18.7 Å². The van der Waals surface area contributed by atoms with Crippen LogP contribution in [0.1, 0.15) is 32.9 Å². The number of pyridine rings is 1. The highest BCUT2D eigenvalue weighted by Crippen LogP contribution is 2.39. The number of nitrogens with one attached hydrogen (secondary N) is 1. The van der Waals surface area contributed by atoms with Crippen LogP contribution in [0.5, 0.6) is 5.75 Å². The highest BCUT2D eigenvalue weighted by Gasteiger charge is 2.33. The van der Waals surface area contributed by atoms with Crippen molar-refractivity contribution in [3.63, 3.8) is 0 Å². The Balaban J connectivity index is 1.19. The van der Waals surface area contributed by atoms with E-state index in [9.17, 15) is 4.79 Å². The minimum atomic E-state index is -0.277. The van der Waals surface area contributed by atoms with Gasteiger partial charge in [-0.2, -0.15) is 0 Å². The van der Waals surface area contributed by atoms with Crippen molar-refractivity contribution >= 4 is 38.7 Å². The van der Waals surface area contributed by atoms with Crippen molar-refractivity contribution in [3.05, 3.63) is 45.7 Å². The lowest BCUT2D eigenvalue weighted by Crippen LogP contribution is -2.58. The van der Waals surface area contributed by atoms with Gasteiger partial charge >= 0.3 is 0 Å². The number of hydrogen-bond acceptors (Lipinski definition) is 8. The zero-order valence-corrected chi connectivity index (χ0v) is 20.7. The number of halogens is 1. The van der Waals surface area contributed by atoms with Crippen molar-refractivity contribution in [1.29, 1.82) is 0 Å². The van der Waals surface area contributed by atoms with Crippen molar-refractivity contribution in [3.8, 4) is 5.75 Å². The Morgan fingerprint density at radius 1 is 1.26 bits per heavy atom. The Morgan fingerprint density at radius 3 is 2.80 bits per heavy atom. The Bertz CT molecular complexity index is 1310. The van der Waals surface area contributed by atoms with Crippen LogP contribution in [0.3, 0.4) is 0 Å². The van der Waals surface area contributed by atoms with Crippen LogP contribution in [0.2, 0.25) is 0 Å². The fraction of sp³-hybridized carbons (Fsp3) is 0.462. The number of aromatic nitrogens is 1. The minimum Gasteiger partial charge on any atom is -0.493 e. The third-order valence-corrected chi connectivity index (χ3v) is 8.34. The van der Waals surface area contributed by atoms with Crippen LogP contribution in [0, 0.1) is 25.6 Å². The third kappa shape index (κ3) is 4.15. The first-order valence-electron chi connectivity index (χ1n) is 12.1. The van der Waals surface area contributed by atoms with E-state index in [0.29, 0.717) is 34.9 Å². The standard InChI is InChI=1S/C26H29FN4O3S/c1-13-3-14(2)30-26-23(13)24(28)25(35-26)21(32)5-15-4-19-20(27)6-16(7-22(19)33-12-15)31-10-17-8-29-9-18(11-31)34-17/h3,6-7,15,17-18,29H,4-5,8-12,28H2,1-2H3/t15-,17?,18?/m0/s1. The first kappa shape index (κ1) is 22.7. The smallest absolute Gasteiger partial charge is 0.175 e. The van der Waals surface area contributed by atoms with E-state index < -0.39 is 0 Å². The molecular weight excluding hydrogens is 467 g/mol. The number of anilines is 2. The summed E-state index contributed by atoms with van der Waals surface area (Å²) in [6.45, 7) is 7.37. The van der Waals surface area contributed by atoms with Gasteiger partial charge in [0.1, 0.15) is 16.4 Å². The molecule has 0 aliphatic carbocycles. The zero-order valence-electron chi connectivity index (χ0n) is 19.9. The SMILES string of the molecule is Cc1cc(C)c2c(N)c(C(=O)C[C@H]3COc4cc(N5CC6CNCC(C5)O6)cc(F)c4C3)sc2n1. The topological polar surface area (TPSA) is 89.7 Å². The molecule has 0 saturated carbocycles. The molecule has 0 amide bonds. The number of morpholine rings is 2. The Hall–Kier alpha value is -2.75. The molecule has 2 aromatic heterocycles. The van der Waals surface area contributed by atoms with Gasteiger partial charge in [-0.3, -0.25) is 4.79 Å². The van der Waals surface area contributed by atoms with Gasteiger partial charge in [0.25, 0.3) is 0 Å². The Morgan fingerprint density at radius 2 is 2.03 bits per heavy atom. The van der Waals surface area contributed by atoms with Gasteiger partial charge in [0.2, 0.25) is 0 Å². The number of rotatable bonds is 4. The van der Waals surface area contributed by atoms with Crippen LogP contribution < -0.4 is 20.7 Å². The summed E-state index contributed by atoms with van der Waals surface area (Å²) >= 11 is 1.34. The summed E-state index contributed by atoms with van der Waals surface area (Å²) in [5, 5.41) is 4.24. The van der Waals surface area contributed by atoms with Crippen molar-refractivity contribution in [2.45, 2.75) is 38.9 Å². The van der Waals surface area contributed by atoms with E-state index in [2.05, 4.69) is 15.2 Å². The highest BCUT2D eigenvalue weighted by molar-refractivity contribution is 7.21. The lowest BCUT2D eigenvalue weighted by Gasteiger charge is -2.43. The minimum absolute atomic E-state index is 0.0369. The molecule has 7 nitrogen and oxygen atoms in total. The number of nitrogens with zero attached hydrogens (tertiary/aromatic N) is 2. The molecule has 2 unspecified atom stereocenters. The Kier molecular flexibility index (Phi) is 5.66. The maximum Gasteiger partial charge on any atom is 0.175 e. The average molecular weight is 497 g/mol. The van der Waals surface area contributed by atoms with Gasteiger partial charge < -0.3 is 25.4 Å². The predicted octanol–water partition coefficient (Wildman–Crippen LogP) is 3.64. The van der Waals surface area contributed by atoms with Gasteiger partial charge in [0.05, 0.1) is 29.4 Å². The number of ether oxygens (including phenoxy) is 2. The van der Waals surface area contributed by atoms with Crippen LogP contribution in [0.4, 0.5) is 15.8 Å². The van der Waals surface area contributed by atoms with E-state index in [-0.39, 0.29) is 36.1 Å². The molecule has 0 spiro atoms. The molecule has 1 aromatic carbocycles. The molecule has 2 bridgehead atoms. The molecule has 184 valence electrons. The number of hydrogen-bond donors (Lipinski definition) is 2. The van der Waals surface area contributed by atoms with Crippen LogP contribution in [0.15, 0.2) is 18.2 Å². The van der Waals surface area contributed by atoms with Gasteiger partial charge in [-0.1, -0.05) is 0 Å². The molecule has 2 fully saturated rings. The number of carbonyl (C=O) groups is 1. The summed E-state index contributed by atoms with van der Waals surface area (Å²) < 4.78 is 27.2. The molecule has 6 rings (SSSR count). The molecule has 9 heteroatoms. The van der Waals surface area contributed by atoms with Gasteiger partial charge in [-0.15, -0.1) is 11.3 Å². The highest BCUT2D eigenvalue weighted by atomic mass is 32.1. The molecule has 3 aliphatic heterocycles. The summed E-state index contributed by atoms with van der Waals surface area (Å²) in [4.78, 5) is 21.2. The molecule has 3 N–H and O–H groups in total. The van der Waals surface area contributed by atoms with E-state index in [1.54, 1.807) is 6.07 Å². The van der Waals surface area contributed by atoms with Crippen LogP contribution in [-0.2, 0) is 11.2 Å². The van der Waals surface area contributed by atoms with E-state index in [1.807, 2.05) is 26.0 Å². The maximum atomic E-state index is 15.2. The molecule has 35 heavy (non-hydrogen) atoms. The summed E-state index contributed by atoms with van der Waals surface area (Å²) in [6, 6.07) is 5.51. The third-order valence-electron chi connectivity index (χ3n) is 7.20. The second-order valence-corrected chi connectivity index (χ2v) is 11.0. The molecule has 3 atom stereocenters. The molecule has 0 radical (unpaired) electrons. The van der Waals surface area contributed by atoms with E-state index in [1.165, 1.54) is 11.3 Å². The number of ketones is 1. The summed E-state index contributed by atoms with van der Waals surface area (Å²) in [5.74, 6) is 0.158. The van der Waals surface area contributed by atoms with Gasteiger partial charge in [0.15, 0.2) is 5.78 Å². The summed E-state index contributed by atoms with van der Waals surface area (Å²) in [7, 11) is 0. The van der Waals surface area contributed by atoms with Crippen molar-refractivity contribution in [2.24, 2.45) is 5.92 Å². The number of carbonyl (C=O) groups excluding carboxylic acids is 1. The molecule has 3 aliphatic rings. The second-order valence-electron chi connectivity index (χ2n) is 9.96. The molecule has 3 aromatic rings. The average Bonchev–Trinajstić information content (AvgIpc) is 3.15. The fourth-order valence-electron chi connectivity index (χ4n) is 5.59. The summed E-state index contributed by atoms with van der Waals surface area (Å²) in [5.41, 5.74) is 10.2. The number of Topliss-reactive ketones (excluding diaryl/α,β-unsaturated/α-hetero) is 1. The maximum absolute atomic E-state index is 15.2. The number of aryl methyl sites for hydroxylation is 2. The van der Waals surface area contributed by atoms with E-state index in [0.717, 1.165) is 53.3 Å². The lowest BCUT2D eigenvalue weighted by atomic mass is 9.91. The van der Waals surface area contributed by atoms with Gasteiger partial charge in [0, 0.05) is 66.9 Å². The first-order chi connectivity index (χ1) is 16.9. The number of nitrogen functional groups attached to an aromatic ring is 1. The summed E-state index contributed by atoms with van der Waals surface area (Å²) in [6.07, 6.45) is 0.951. The van der Waals surface area contributed by atoms with Gasteiger partial charge in [-0.05, 0) is 38.0 Å². The molecule has 2 saturated heterocycles. The predicted molar refractivity (Wildman–Crippen MR) is 135 cm³/mol. The molecular formula is C26H29FN4O3S. The zero-order chi connectivity index (χ0) is 24.3. The van der Waals surface area contributed by atoms with E-state index in [4.69, 9.17) is 15.2 Å². The first-order valence-corrected chi connectivity index (χ1v) is 12.9. The number of fused-ring (bicyclic) bond motifs is 4. The largest absolute Gasteiger partial charge is 0.493 e. The Labute approximate surface area is 207 Å². The number of benzene rings is 1. The lowest BCUT2D eigenvalue weighted by molar-refractivity contribution is -0.0484. The number of thiophene rings is 1. The van der Waals surface area contributed by atoms with Crippen molar-refractivity contribution in [1.82, 2.24) is 10.3 Å². The van der Waals surface area contributed by atoms with Gasteiger partial charge in [-0.25, -0.2) is 9.37 Å². The van der Waals surface area contributed by atoms with Crippen molar-refractivity contribution in [2.75, 3.05) is 43.4 Å². The molecule has 5 heterocycles. The second kappa shape index (κ2) is 8.72. The van der Waals surface area contributed by atoms with Crippen LogP contribution >= 0.6 is 11.3 Å². The fourth-order valence-corrected chi connectivity index (χ4v) is 6.76. The monoisotopic (exact) mass is 496 g/mol. The quantitative estimate of drug-likeness (QED) is 0.533.